The average molecular weight is 385 g/mol. The number of nitrogens with zero attached hydrogens (tertiary/aromatic N) is 2. The summed E-state index contributed by atoms with van der Waals surface area (Å²) in [5.41, 5.74) is 0. The molecule has 2 fully saturated rings. The Labute approximate surface area is 156 Å². The van der Waals surface area contributed by atoms with Crippen LogP contribution in [0.2, 0.25) is 0 Å². The fourth-order valence-corrected chi connectivity index (χ4v) is 2.82. The van der Waals surface area contributed by atoms with Crippen LogP contribution < -0.4 is 10.6 Å². The van der Waals surface area contributed by atoms with Crippen molar-refractivity contribution >= 4 is 36.6 Å². The summed E-state index contributed by atoms with van der Waals surface area (Å²) in [5.74, 6) is 0.229. The quantitative estimate of drug-likeness (QED) is 0.690. The van der Waals surface area contributed by atoms with Gasteiger partial charge in [0, 0.05) is 51.2 Å². The van der Waals surface area contributed by atoms with Gasteiger partial charge in [-0.15, -0.1) is 24.8 Å². The Balaban J connectivity index is 0.00000264. The second kappa shape index (κ2) is 11.9. The van der Waals surface area contributed by atoms with E-state index in [0.717, 1.165) is 26.2 Å². The molecule has 2 aliphatic heterocycles. The van der Waals surface area contributed by atoms with E-state index in [1.54, 1.807) is 0 Å². The lowest BCUT2D eigenvalue weighted by Gasteiger charge is -2.35. The zero-order valence-electron chi connectivity index (χ0n) is 14.5. The second-order valence-electron chi connectivity index (χ2n) is 6.31. The number of hydrogen-bond donors (Lipinski definition) is 2. The number of nitrogens with one attached hydrogen (secondary N) is 2. The normalized spacial score (nSPS) is 21.6. The lowest BCUT2D eigenvalue weighted by molar-refractivity contribution is -0.134. The van der Waals surface area contributed by atoms with Gasteiger partial charge in [0.1, 0.15) is 0 Å². The summed E-state index contributed by atoms with van der Waals surface area (Å²) >= 11 is 0. The van der Waals surface area contributed by atoms with Crippen LogP contribution >= 0.6 is 24.8 Å². The first-order valence-electron chi connectivity index (χ1n) is 8.15. The molecular weight excluding hydrogens is 355 g/mol. The molecule has 7 nitrogen and oxygen atoms in total. The van der Waals surface area contributed by atoms with Crippen LogP contribution in [0.3, 0.4) is 0 Å². The number of halogens is 2. The first-order valence-corrected chi connectivity index (χ1v) is 8.15. The van der Waals surface area contributed by atoms with Crippen LogP contribution in [0.1, 0.15) is 20.3 Å². The van der Waals surface area contributed by atoms with Crippen molar-refractivity contribution in [3.05, 3.63) is 0 Å². The number of rotatable bonds is 5. The van der Waals surface area contributed by atoms with Gasteiger partial charge < -0.3 is 20.3 Å². The van der Waals surface area contributed by atoms with Crippen LogP contribution in [-0.2, 0) is 14.3 Å². The lowest BCUT2D eigenvalue weighted by atomic mass is 10.1. The number of morpholine rings is 1. The summed E-state index contributed by atoms with van der Waals surface area (Å²) in [4.78, 5) is 28.0. The minimum absolute atomic E-state index is 0. The van der Waals surface area contributed by atoms with Gasteiger partial charge in [0.2, 0.25) is 11.8 Å². The van der Waals surface area contributed by atoms with E-state index in [-0.39, 0.29) is 48.7 Å². The van der Waals surface area contributed by atoms with Crippen molar-refractivity contribution in [2.75, 3.05) is 52.5 Å². The molecule has 0 spiro atoms. The smallest absolute Gasteiger partial charge is 0.234 e. The highest BCUT2D eigenvalue weighted by molar-refractivity contribution is 5.85. The second-order valence-corrected chi connectivity index (χ2v) is 6.31. The summed E-state index contributed by atoms with van der Waals surface area (Å²) in [5, 5.41) is 6.20. The maximum Gasteiger partial charge on any atom is 0.234 e. The van der Waals surface area contributed by atoms with Crippen molar-refractivity contribution in [1.29, 1.82) is 0 Å². The summed E-state index contributed by atoms with van der Waals surface area (Å²) < 4.78 is 5.38. The number of amides is 2. The highest BCUT2D eigenvalue weighted by Gasteiger charge is 2.25. The van der Waals surface area contributed by atoms with Crippen molar-refractivity contribution in [2.24, 2.45) is 0 Å². The van der Waals surface area contributed by atoms with Gasteiger partial charge in [-0.05, 0) is 13.8 Å². The molecule has 2 saturated heterocycles. The number of ether oxygens (including phenoxy) is 1. The van der Waals surface area contributed by atoms with Gasteiger partial charge >= 0.3 is 0 Å². The van der Waals surface area contributed by atoms with E-state index in [1.807, 2.05) is 18.7 Å². The van der Waals surface area contributed by atoms with E-state index < -0.39 is 0 Å². The fourth-order valence-electron chi connectivity index (χ4n) is 2.82. The van der Waals surface area contributed by atoms with E-state index >= 15 is 0 Å². The summed E-state index contributed by atoms with van der Waals surface area (Å²) in [6.45, 7) is 9.38. The molecule has 0 aromatic rings. The minimum Gasteiger partial charge on any atom is -0.378 e. The van der Waals surface area contributed by atoms with Gasteiger partial charge in [0.25, 0.3) is 0 Å². The van der Waals surface area contributed by atoms with Gasteiger partial charge in [0.15, 0.2) is 0 Å². The molecule has 2 N–H and O–H groups in total. The van der Waals surface area contributed by atoms with Crippen molar-refractivity contribution in [3.63, 3.8) is 0 Å². The summed E-state index contributed by atoms with van der Waals surface area (Å²) in [6.07, 6.45) is 0.494. The van der Waals surface area contributed by atoms with E-state index in [0.29, 0.717) is 32.7 Å². The molecule has 24 heavy (non-hydrogen) atoms. The third kappa shape index (κ3) is 7.98. The molecular formula is C15H30Cl2N4O3. The predicted octanol–water partition coefficient (Wildman–Crippen LogP) is -0.123. The number of piperazine rings is 1. The third-order valence-electron chi connectivity index (χ3n) is 3.96. The molecule has 2 aliphatic rings. The molecule has 0 aromatic heterocycles. The highest BCUT2D eigenvalue weighted by atomic mass is 35.5. The largest absolute Gasteiger partial charge is 0.378 e. The first kappa shape index (κ1) is 23.4. The van der Waals surface area contributed by atoms with Crippen LogP contribution in [0.25, 0.3) is 0 Å². The van der Waals surface area contributed by atoms with Crippen molar-refractivity contribution in [1.82, 2.24) is 20.4 Å². The molecule has 0 radical (unpaired) electrons. The van der Waals surface area contributed by atoms with Gasteiger partial charge in [-0.1, -0.05) is 0 Å². The summed E-state index contributed by atoms with van der Waals surface area (Å²) in [7, 11) is 0. The van der Waals surface area contributed by atoms with Gasteiger partial charge in [-0.25, -0.2) is 0 Å². The molecule has 2 amide bonds. The molecule has 9 heteroatoms. The number of carbonyl (C=O) groups excluding carboxylic acids is 2. The van der Waals surface area contributed by atoms with E-state index in [9.17, 15) is 9.59 Å². The molecule has 2 rings (SSSR count). The Morgan fingerprint density at radius 3 is 2.42 bits per heavy atom. The van der Waals surface area contributed by atoms with Crippen LogP contribution in [0.4, 0.5) is 0 Å². The van der Waals surface area contributed by atoms with Gasteiger partial charge in [-0.3, -0.25) is 14.5 Å². The van der Waals surface area contributed by atoms with E-state index in [2.05, 4.69) is 15.5 Å². The van der Waals surface area contributed by atoms with Crippen molar-refractivity contribution in [2.45, 2.75) is 32.4 Å². The van der Waals surface area contributed by atoms with Gasteiger partial charge in [-0.2, -0.15) is 0 Å². The lowest BCUT2D eigenvalue weighted by Crippen LogP contribution is -2.53. The Morgan fingerprint density at radius 1 is 1.21 bits per heavy atom. The Hall–Kier alpha value is -0.600. The Kier molecular flexibility index (Phi) is 11.6. The van der Waals surface area contributed by atoms with Crippen molar-refractivity contribution in [3.8, 4) is 0 Å². The molecule has 0 bridgehead atoms. The maximum absolute atomic E-state index is 12.3. The first-order chi connectivity index (χ1) is 10.5. The Bertz CT molecular complexity index is 385. The maximum atomic E-state index is 12.3. The zero-order chi connectivity index (χ0) is 15.9. The van der Waals surface area contributed by atoms with E-state index in [1.165, 1.54) is 0 Å². The fraction of sp³-hybridized carbons (Fsp3) is 0.867. The molecule has 1 atom stereocenters. The number of carbonyl (C=O) groups is 2. The SMILES string of the molecule is CC(C)NC(=O)CN1CCN(C(=O)CC2COCCN2)CC1.Cl.Cl. The molecule has 0 aromatic carbocycles. The van der Waals surface area contributed by atoms with Crippen LogP contribution in [0, 0.1) is 0 Å². The van der Waals surface area contributed by atoms with Gasteiger partial charge in [0.05, 0.1) is 19.8 Å². The number of hydrogen-bond acceptors (Lipinski definition) is 5. The highest BCUT2D eigenvalue weighted by Crippen LogP contribution is 2.07. The molecule has 0 saturated carbocycles. The topological polar surface area (TPSA) is 73.9 Å². The molecule has 2 heterocycles. The van der Waals surface area contributed by atoms with Crippen LogP contribution in [0.15, 0.2) is 0 Å². The predicted molar refractivity (Wildman–Crippen MR) is 98.0 cm³/mol. The molecule has 0 aliphatic carbocycles. The zero-order valence-corrected chi connectivity index (χ0v) is 16.1. The van der Waals surface area contributed by atoms with Crippen LogP contribution in [0.5, 0.6) is 0 Å². The molecule has 142 valence electrons. The summed E-state index contributed by atoms with van der Waals surface area (Å²) in [6, 6.07) is 0.302. The molecule has 1 unspecified atom stereocenters. The van der Waals surface area contributed by atoms with Crippen molar-refractivity contribution < 1.29 is 14.3 Å². The monoisotopic (exact) mass is 384 g/mol. The third-order valence-corrected chi connectivity index (χ3v) is 3.96. The average Bonchev–Trinajstić information content (AvgIpc) is 2.48. The minimum atomic E-state index is 0. The van der Waals surface area contributed by atoms with Crippen LogP contribution in [-0.4, -0.2) is 86.2 Å². The standard InChI is InChI=1S/C15H28N4O3.2ClH/c1-12(2)17-14(20)10-18-4-6-19(7-5-18)15(21)9-13-11-22-8-3-16-13;;/h12-13,16H,3-11H2,1-2H3,(H,17,20);2*1H. The van der Waals surface area contributed by atoms with E-state index in [4.69, 9.17) is 4.74 Å². The Morgan fingerprint density at radius 2 is 1.88 bits per heavy atom.